The molecule has 0 aliphatic carbocycles. The van der Waals surface area contributed by atoms with Crippen LogP contribution in [0.25, 0.3) is 0 Å². The van der Waals surface area contributed by atoms with Crippen LogP contribution in [0.5, 0.6) is 0 Å². The number of aryl methyl sites for hydroxylation is 1. The van der Waals surface area contributed by atoms with Gasteiger partial charge in [-0.1, -0.05) is 6.07 Å². The van der Waals surface area contributed by atoms with Gasteiger partial charge in [0.1, 0.15) is 0 Å². The summed E-state index contributed by atoms with van der Waals surface area (Å²) >= 11 is 1.86. The zero-order chi connectivity index (χ0) is 14.5. The molecule has 3 rings (SSSR count). The van der Waals surface area contributed by atoms with Gasteiger partial charge in [0.05, 0.1) is 12.7 Å². The summed E-state index contributed by atoms with van der Waals surface area (Å²) < 4.78 is 6.07. The fourth-order valence-corrected chi connectivity index (χ4v) is 3.71. The lowest BCUT2D eigenvalue weighted by molar-refractivity contribution is -0.0119. The number of likely N-dealkylation sites (tertiary alicyclic amines) is 1. The summed E-state index contributed by atoms with van der Waals surface area (Å²) in [5.41, 5.74) is 2.57. The normalized spacial score (nSPS) is 19.8. The van der Waals surface area contributed by atoms with Crippen LogP contribution < -0.4 is 0 Å². The van der Waals surface area contributed by atoms with E-state index >= 15 is 0 Å². The van der Waals surface area contributed by atoms with Gasteiger partial charge in [-0.15, -0.1) is 11.3 Å². The molecule has 3 nitrogen and oxygen atoms in total. The Hall–Kier alpha value is -1.23. The fraction of sp³-hybridized carbons (Fsp3) is 0.471. The summed E-state index contributed by atoms with van der Waals surface area (Å²) in [6.45, 7) is 6.16. The average Bonchev–Trinajstić information content (AvgIpc) is 2.92. The van der Waals surface area contributed by atoms with Crippen molar-refractivity contribution in [3.8, 4) is 0 Å². The maximum absolute atomic E-state index is 6.07. The van der Waals surface area contributed by atoms with E-state index in [0.717, 1.165) is 18.7 Å². The van der Waals surface area contributed by atoms with Crippen LogP contribution in [-0.4, -0.2) is 29.1 Å². The molecule has 1 atom stereocenters. The van der Waals surface area contributed by atoms with Gasteiger partial charge in [0.15, 0.2) is 0 Å². The SMILES string of the molecule is Cc1ccsc1CN1CCCC(OCc2cccnc2)C1. The third-order valence-electron chi connectivity index (χ3n) is 4.01. The minimum atomic E-state index is 0.347. The van der Waals surface area contributed by atoms with Gasteiger partial charge in [0, 0.05) is 30.4 Å². The Balaban J connectivity index is 1.50. The van der Waals surface area contributed by atoms with Crippen molar-refractivity contribution in [3.63, 3.8) is 0 Å². The van der Waals surface area contributed by atoms with Crippen molar-refractivity contribution in [2.45, 2.75) is 39.0 Å². The molecule has 1 fully saturated rings. The maximum Gasteiger partial charge on any atom is 0.0736 e. The summed E-state index contributed by atoms with van der Waals surface area (Å²) in [4.78, 5) is 8.15. The summed E-state index contributed by atoms with van der Waals surface area (Å²) in [5.74, 6) is 0. The Morgan fingerprint density at radius 3 is 3.14 bits per heavy atom. The van der Waals surface area contributed by atoms with Gasteiger partial charge in [-0.05, 0) is 54.9 Å². The van der Waals surface area contributed by atoms with Crippen LogP contribution in [0.4, 0.5) is 0 Å². The van der Waals surface area contributed by atoms with E-state index in [2.05, 4.69) is 34.3 Å². The van der Waals surface area contributed by atoms with Crippen molar-refractivity contribution in [2.75, 3.05) is 13.1 Å². The molecular weight excluding hydrogens is 280 g/mol. The molecule has 0 saturated carbocycles. The molecule has 0 spiro atoms. The molecule has 3 heterocycles. The Morgan fingerprint density at radius 2 is 2.38 bits per heavy atom. The number of pyridine rings is 1. The number of hydrogen-bond donors (Lipinski definition) is 0. The Kier molecular flexibility index (Phi) is 5.01. The number of nitrogens with zero attached hydrogens (tertiary/aromatic N) is 2. The van der Waals surface area contributed by atoms with Crippen LogP contribution in [0, 0.1) is 6.92 Å². The largest absolute Gasteiger partial charge is 0.372 e. The number of hydrogen-bond acceptors (Lipinski definition) is 4. The second-order valence-electron chi connectivity index (χ2n) is 5.70. The van der Waals surface area contributed by atoms with Crippen LogP contribution in [0.3, 0.4) is 0 Å². The van der Waals surface area contributed by atoms with E-state index in [9.17, 15) is 0 Å². The second kappa shape index (κ2) is 7.16. The first kappa shape index (κ1) is 14.7. The zero-order valence-electron chi connectivity index (χ0n) is 12.5. The van der Waals surface area contributed by atoms with E-state index in [1.165, 1.54) is 29.8 Å². The molecule has 1 aliphatic rings. The highest BCUT2D eigenvalue weighted by atomic mass is 32.1. The molecule has 2 aromatic heterocycles. The first-order valence-electron chi connectivity index (χ1n) is 7.57. The molecule has 112 valence electrons. The molecule has 0 N–H and O–H groups in total. The molecule has 1 unspecified atom stereocenters. The van der Waals surface area contributed by atoms with Crippen molar-refractivity contribution in [1.29, 1.82) is 0 Å². The average molecular weight is 302 g/mol. The lowest BCUT2D eigenvalue weighted by atomic mass is 10.1. The van der Waals surface area contributed by atoms with Gasteiger partial charge in [-0.3, -0.25) is 9.88 Å². The lowest BCUT2D eigenvalue weighted by Gasteiger charge is -2.32. The predicted molar refractivity (Wildman–Crippen MR) is 86.4 cm³/mol. The molecule has 0 bridgehead atoms. The van der Waals surface area contributed by atoms with Crippen molar-refractivity contribution < 1.29 is 4.74 Å². The molecule has 0 radical (unpaired) electrons. The monoisotopic (exact) mass is 302 g/mol. The lowest BCUT2D eigenvalue weighted by Crippen LogP contribution is -2.39. The summed E-state index contributed by atoms with van der Waals surface area (Å²) in [7, 11) is 0. The summed E-state index contributed by atoms with van der Waals surface area (Å²) in [5, 5.41) is 2.19. The smallest absolute Gasteiger partial charge is 0.0736 e. The van der Waals surface area contributed by atoms with E-state index in [0.29, 0.717) is 12.7 Å². The third-order valence-corrected chi connectivity index (χ3v) is 5.01. The van der Waals surface area contributed by atoms with Crippen molar-refractivity contribution >= 4 is 11.3 Å². The van der Waals surface area contributed by atoms with E-state index < -0.39 is 0 Å². The first-order valence-corrected chi connectivity index (χ1v) is 8.45. The van der Waals surface area contributed by atoms with Crippen LogP contribution in [0.15, 0.2) is 36.0 Å². The number of piperidine rings is 1. The molecule has 4 heteroatoms. The Morgan fingerprint density at radius 1 is 1.43 bits per heavy atom. The Labute approximate surface area is 130 Å². The van der Waals surface area contributed by atoms with Gasteiger partial charge in [-0.25, -0.2) is 0 Å². The number of rotatable bonds is 5. The zero-order valence-corrected chi connectivity index (χ0v) is 13.3. The predicted octanol–water partition coefficient (Wildman–Crippen LogP) is 3.63. The van der Waals surface area contributed by atoms with Gasteiger partial charge < -0.3 is 4.74 Å². The topological polar surface area (TPSA) is 25.4 Å². The minimum Gasteiger partial charge on any atom is -0.372 e. The Bertz CT molecular complexity index is 555. The van der Waals surface area contributed by atoms with Crippen LogP contribution in [0.2, 0.25) is 0 Å². The fourth-order valence-electron chi connectivity index (χ4n) is 2.76. The highest BCUT2D eigenvalue weighted by Gasteiger charge is 2.21. The number of ether oxygens (including phenoxy) is 1. The summed E-state index contributed by atoms with van der Waals surface area (Å²) in [6, 6.07) is 6.24. The van der Waals surface area contributed by atoms with Gasteiger partial charge in [-0.2, -0.15) is 0 Å². The quantitative estimate of drug-likeness (QED) is 0.843. The van der Waals surface area contributed by atoms with E-state index in [4.69, 9.17) is 4.74 Å². The van der Waals surface area contributed by atoms with Gasteiger partial charge in [0.25, 0.3) is 0 Å². The van der Waals surface area contributed by atoms with Gasteiger partial charge in [0.2, 0.25) is 0 Å². The molecule has 1 saturated heterocycles. The van der Waals surface area contributed by atoms with E-state index in [1.54, 1.807) is 6.20 Å². The molecular formula is C17H22N2OS. The van der Waals surface area contributed by atoms with Crippen molar-refractivity contribution in [2.24, 2.45) is 0 Å². The van der Waals surface area contributed by atoms with Crippen LogP contribution in [-0.2, 0) is 17.9 Å². The van der Waals surface area contributed by atoms with Gasteiger partial charge >= 0.3 is 0 Å². The highest BCUT2D eigenvalue weighted by Crippen LogP contribution is 2.21. The maximum atomic E-state index is 6.07. The number of aromatic nitrogens is 1. The summed E-state index contributed by atoms with van der Waals surface area (Å²) in [6.07, 6.45) is 6.42. The van der Waals surface area contributed by atoms with Crippen LogP contribution in [0.1, 0.15) is 28.8 Å². The van der Waals surface area contributed by atoms with Crippen molar-refractivity contribution in [1.82, 2.24) is 9.88 Å². The van der Waals surface area contributed by atoms with E-state index in [-0.39, 0.29) is 0 Å². The molecule has 0 amide bonds. The number of thiophene rings is 1. The molecule has 1 aliphatic heterocycles. The van der Waals surface area contributed by atoms with Crippen molar-refractivity contribution in [3.05, 3.63) is 52.0 Å². The first-order chi connectivity index (χ1) is 10.3. The molecule has 21 heavy (non-hydrogen) atoms. The highest BCUT2D eigenvalue weighted by molar-refractivity contribution is 7.10. The minimum absolute atomic E-state index is 0.347. The molecule has 0 aromatic carbocycles. The van der Waals surface area contributed by atoms with E-state index in [1.807, 2.05) is 23.6 Å². The second-order valence-corrected chi connectivity index (χ2v) is 6.70. The third kappa shape index (κ3) is 4.13. The molecule has 2 aromatic rings. The van der Waals surface area contributed by atoms with Crippen LogP contribution >= 0.6 is 11.3 Å². The standard InChI is InChI=1S/C17H22N2OS/c1-14-6-9-21-17(14)12-19-8-3-5-16(11-19)20-13-15-4-2-7-18-10-15/h2,4,6-7,9-10,16H,3,5,8,11-13H2,1H3.